The van der Waals surface area contributed by atoms with E-state index in [1.165, 1.54) is 18.2 Å². The number of carbonyl (C=O) groups excluding carboxylic acids is 2. The number of nitrogens with one attached hydrogen (secondary N) is 2. The van der Waals surface area contributed by atoms with E-state index in [0.717, 1.165) is 3.57 Å². The molecule has 2 aromatic carbocycles. The molecule has 0 unspecified atom stereocenters. The molecule has 2 aromatic rings. The van der Waals surface area contributed by atoms with Crippen molar-refractivity contribution in [3.05, 3.63) is 57.7 Å². The van der Waals surface area contributed by atoms with E-state index in [4.69, 9.17) is 34.8 Å². The Balaban J connectivity index is 1.76. The highest BCUT2D eigenvalue weighted by Crippen LogP contribution is 2.32. The van der Waals surface area contributed by atoms with E-state index < -0.39 is 38.3 Å². The summed E-state index contributed by atoms with van der Waals surface area (Å²) in [5.41, 5.74) is 0.578. The molecule has 2 N–H and O–H groups in total. The molecular weight excluding hydrogens is 576 g/mol. The maximum Gasteiger partial charge on any atom is 0.269 e. The number of halogens is 4. The molecule has 0 spiro atoms. The van der Waals surface area contributed by atoms with Crippen LogP contribution in [-0.2, 0) is 14.8 Å². The van der Waals surface area contributed by atoms with Gasteiger partial charge in [-0.2, -0.15) is 0 Å². The Morgan fingerprint density at radius 1 is 1.10 bits per heavy atom. The Morgan fingerprint density at radius 3 is 2.31 bits per heavy atom. The molecule has 154 valence electrons. The van der Waals surface area contributed by atoms with Gasteiger partial charge in [0.15, 0.2) is 0 Å². The predicted molar refractivity (Wildman–Crippen MR) is 120 cm³/mol. The number of sulfonamides is 1. The zero-order valence-electron chi connectivity index (χ0n) is 14.4. The minimum Gasteiger partial charge on any atom is -0.362 e. The van der Waals surface area contributed by atoms with Crippen molar-refractivity contribution in [2.75, 3.05) is 11.9 Å². The Labute approximate surface area is 195 Å². The molecule has 7 nitrogen and oxygen atoms in total. The average molecular weight is 589 g/mol. The van der Waals surface area contributed by atoms with Gasteiger partial charge in [0.1, 0.15) is 17.6 Å². The second-order valence-electron chi connectivity index (χ2n) is 6.01. The molecule has 1 heterocycles. The summed E-state index contributed by atoms with van der Waals surface area (Å²) in [6, 6.07) is 12.8. The summed E-state index contributed by atoms with van der Waals surface area (Å²) < 4.78 is 24.7. The van der Waals surface area contributed by atoms with Gasteiger partial charge >= 0.3 is 0 Å². The molecule has 12 heteroatoms. The fourth-order valence-electron chi connectivity index (χ4n) is 2.64. The normalized spacial score (nSPS) is 16.3. The molecule has 0 aromatic heterocycles. The summed E-state index contributed by atoms with van der Waals surface area (Å²) in [4.78, 5) is 24.8. The van der Waals surface area contributed by atoms with Crippen LogP contribution in [0.2, 0.25) is 0 Å². The van der Waals surface area contributed by atoms with Crippen molar-refractivity contribution in [2.45, 2.75) is 14.9 Å². The molecule has 0 saturated carbocycles. The second kappa shape index (κ2) is 8.46. The highest BCUT2D eigenvalue weighted by Gasteiger charge is 2.42. The number of hydrogen-bond donors (Lipinski definition) is 2. The first-order valence-electron chi connectivity index (χ1n) is 8.04. The second-order valence-corrected chi connectivity index (χ2v) is 11.5. The van der Waals surface area contributed by atoms with Crippen LogP contribution in [-0.4, -0.2) is 41.0 Å². The summed E-state index contributed by atoms with van der Waals surface area (Å²) in [6.45, 7) is -0.749. The highest BCUT2D eigenvalue weighted by atomic mass is 127. The maximum atomic E-state index is 12.6. The first-order valence-corrected chi connectivity index (χ1v) is 11.7. The third-order valence-corrected chi connectivity index (χ3v) is 7.15. The molecule has 0 radical (unpaired) electrons. The fraction of sp³-hybridized carbons (Fsp3) is 0.176. The van der Waals surface area contributed by atoms with Gasteiger partial charge in [0.25, 0.3) is 15.9 Å². The number of fused-ring (bicyclic) bond motifs is 1. The van der Waals surface area contributed by atoms with Crippen LogP contribution < -0.4 is 10.6 Å². The first-order chi connectivity index (χ1) is 13.5. The number of amides is 2. The number of alkyl halides is 3. The summed E-state index contributed by atoms with van der Waals surface area (Å²) >= 11 is 20.0. The van der Waals surface area contributed by atoms with Gasteiger partial charge in [-0.3, -0.25) is 9.59 Å². The lowest BCUT2D eigenvalue weighted by atomic mass is 10.2. The van der Waals surface area contributed by atoms with Crippen molar-refractivity contribution in [1.29, 1.82) is 0 Å². The van der Waals surface area contributed by atoms with Crippen LogP contribution in [0.4, 0.5) is 5.69 Å². The van der Waals surface area contributed by atoms with E-state index >= 15 is 0 Å². The standard InChI is InChI=1S/C17H13Cl3IN3O4S/c18-17(19,20)16(22-11-7-5-10(21)6-8-11)23-14(25)9-24-15(26)12-3-1-2-4-13(12)29(24,27)28/h1-8,16,22H,9H2,(H,23,25)/t16-/m1/s1. The molecule has 3 rings (SSSR count). The maximum absolute atomic E-state index is 12.6. The SMILES string of the molecule is O=C(CN1C(=O)c2ccccc2S1(=O)=O)N[C@@H](Nc1ccc(I)cc1)C(Cl)(Cl)Cl. The van der Waals surface area contributed by atoms with E-state index in [1.54, 1.807) is 18.2 Å². The zero-order chi connectivity index (χ0) is 21.4. The number of nitrogens with zero attached hydrogens (tertiary/aromatic N) is 1. The zero-order valence-corrected chi connectivity index (χ0v) is 19.6. The van der Waals surface area contributed by atoms with Crippen molar-refractivity contribution >= 4 is 84.9 Å². The summed E-state index contributed by atoms with van der Waals surface area (Å²) in [6.07, 6.45) is -1.18. The molecule has 0 fully saturated rings. The van der Waals surface area contributed by atoms with Crippen molar-refractivity contribution < 1.29 is 18.0 Å². The van der Waals surface area contributed by atoms with Gasteiger partial charge in [-0.25, -0.2) is 12.7 Å². The molecule has 29 heavy (non-hydrogen) atoms. The molecule has 1 aliphatic rings. The highest BCUT2D eigenvalue weighted by molar-refractivity contribution is 14.1. The van der Waals surface area contributed by atoms with E-state index in [0.29, 0.717) is 9.99 Å². The van der Waals surface area contributed by atoms with Gasteiger partial charge in [0.05, 0.1) is 5.56 Å². The Hall–Kier alpha value is -1.27. The van der Waals surface area contributed by atoms with E-state index in [2.05, 4.69) is 33.2 Å². The minimum absolute atomic E-state index is 0.00948. The van der Waals surface area contributed by atoms with Crippen molar-refractivity contribution in [1.82, 2.24) is 9.62 Å². The number of carbonyl (C=O) groups is 2. The van der Waals surface area contributed by atoms with Crippen LogP contribution in [0.15, 0.2) is 53.4 Å². The number of hydrogen-bond acceptors (Lipinski definition) is 5. The number of anilines is 1. The smallest absolute Gasteiger partial charge is 0.269 e. The third-order valence-electron chi connectivity index (χ3n) is 3.99. The first kappa shape index (κ1) is 22.4. The lowest BCUT2D eigenvalue weighted by Crippen LogP contribution is -2.52. The van der Waals surface area contributed by atoms with E-state index in [1.807, 2.05) is 12.1 Å². The molecule has 2 amide bonds. The monoisotopic (exact) mass is 587 g/mol. The van der Waals surface area contributed by atoms with Gasteiger partial charge in [-0.15, -0.1) is 0 Å². The van der Waals surface area contributed by atoms with Crippen molar-refractivity contribution in [2.24, 2.45) is 0 Å². The predicted octanol–water partition coefficient (Wildman–Crippen LogP) is 3.36. The van der Waals surface area contributed by atoms with Crippen LogP contribution in [0.25, 0.3) is 0 Å². The van der Waals surface area contributed by atoms with Gasteiger partial charge in [-0.1, -0.05) is 46.9 Å². The summed E-state index contributed by atoms with van der Waals surface area (Å²) in [5.74, 6) is -1.60. The molecular formula is C17H13Cl3IN3O4S. The van der Waals surface area contributed by atoms with Gasteiger partial charge < -0.3 is 10.6 Å². The lowest BCUT2D eigenvalue weighted by molar-refractivity contribution is -0.121. The van der Waals surface area contributed by atoms with Crippen LogP contribution in [0.5, 0.6) is 0 Å². The van der Waals surface area contributed by atoms with E-state index in [9.17, 15) is 18.0 Å². The molecule has 0 aliphatic carbocycles. The quantitative estimate of drug-likeness (QED) is 0.318. The number of benzene rings is 2. The van der Waals surface area contributed by atoms with Crippen LogP contribution in [0, 0.1) is 3.57 Å². The topological polar surface area (TPSA) is 95.6 Å². The largest absolute Gasteiger partial charge is 0.362 e. The summed E-state index contributed by atoms with van der Waals surface area (Å²) in [7, 11) is -4.12. The molecule has 1 aliphatic heterocycles. The van der Waals surface area contributed by atoms with Gasteiger partial charge in [-0.05, 0) is 59.0 Å². The molecule has 1 atom stereocenters. The van der Waals surface area contributed by atoms with Crippen LogP contribution in [0.3, 0.4) is 0 Å². The fourth-order valence-corrected chi connectivity index (χ4v) is 4.85. The lowest BCUT2D eigenvalue weighted by Gasteiger charge is -2.28. The molecule has 0 bridgehead atoms. The van der Waals surface area contributed by atoms with Crippen molar-refractivity contribution in [3.63, 3.8) is 0 Å². The van der Waals surface area contributed by atoms with Crippen LogP contribution in [0.1, 0.15) is 10.4 Å². The van der Waals surface area contributed by atoms with Gasteiger partial charge in [0, 0.05) is 9.26 Å². The Kier molecular flexibility index (Phi) is 6.54. The minimum atomic E-state index is -4.12. The third kappa shape index (κ3) is 4.91. The van der Waals surface area contributed by atoms with Crippen molar-refractivity contribution in [3.8, 4) is 0 Å². The molecule has 0 saturated heterocycles. The van der Waals surface area contributed by atoms with E-state index in [-0.39, 0.29) is 10.5 Å². The van der Waals surface area contributed by atoms with Gasteiger partial charge in [0.2, 0.25) is 9.70 Å². The summed E-state index contributed by atoms with van der Waals surface area (Å²) in [5, 5.41) is 5.29. The number of rotatable bonds is 5. The average Bonchev–Trinajstić information content (AvgIpc) is 2.83. The Morgan fingerprint density at radius 2 is 1.72 bits per heavy atom. The van der Waals surface area contributed by atoms with Crippen LogP contribution >= 0.6 is 57.4 Å². The Bertz CT molecular complexity index is 1060.